The second-order valence-corrected chi connectivity index (χ2v) is 5.17. The van der Waals surface area contributed by atoms with Crippen LogP contribution in [-0.2, 0) is 11.2 Å². The van der Waals surface area contributed by atoms with Gasteiger partial charge in [-0.1, -0.05) is 38.1 Å². The maximum Gasteiger partial charge on any atom is 0.221 e. The van der Waals surface area contributed by atoms with Gasteiger partial charge >= 0.3 is 0 Å². The number of rotatable bonds is 6. The van der Waals surface area contributed by atoms with Crippen LogP contribution in [0.4, 0.5) is 0 Å². The van der Waals surface area contributed by atoms with E-state index >= 15 is 0 Å². The Balaban J connectivity index is 0.00000324. The lowest BCUT2D eigenvalue weighted by Crippen LogP contribution is -2.28. The summed E-state index contributed by atoms with van der Waals surface area (Å²) in [4.78, 5) is 11.4. The molecule has 0 aliphatic heterocycles. The third-order valence-electron chi connectivity index (χ3n) is 2.87. The Kier molecular flexibility index (Phi) is 8.44. The summed E-state index contributed by atoms with van der Waals surface area (Å²) in [6.45, 7) is 6.81. The van der Waals surface area contributed by atoms with E-state index in [9.17, 15) is 4.79 Å². The molecule has 0 radical (unpaired) electrons. The Labute approximate surface area is 122 Å². The first kappa shape index (κ1) is 17.9. The van der Waals surface area contributed by atoms with E-state index < -0.39 is 0 Å². The van der Waals surface area contributed by atoms with E-state index in [2.05, 4.69) is 43.4 Å². The van der Waals surface area contributed by atoms with E-state index in [4.69, 9.17) is 5.73 Å². The lowest BCUT2D eigenvalue weighted by molar-refractivity contribution is -0.121. The Morgan fingerprint density at radius 2 is 1.79 bits per heavy atom. The van der Waals surface area contributed by atoms with Gasteiger partial charge in [0.05, 0.1) is 6.04 Å². The number of halogens is 1. The molecule has 0 heterocycles. The van der Waals surface area contributed by atoms with Gasteiger partial charge in [0.25, 0.3) is 0 Å². The van der Waals surface area contributed by atoms with Gasteiger partial charge in [-0.25, -0.2) is 0 Å². The zero-order valence-corrected chi connectivity index (χ0v) is 12.8. The van der Waals surface area contributed by atoms with Crippen LogP contribution in [0.1, 0.15) is 44.4 Å². The van der Waals surface area contributed by atoms with Crippen molar-refractivity contribution in [1.82, 2.24) is 5.32 Å². The largest absolute Gasteiger partial charge is 0.350 e. The van der Waals surface area contributed by atoms with Crippen molar-refractivity contribution in [3.8, 4) is 0 Å². The lowest BCUT2D eigenvalue weighted by Gasteiger charge is -2.15. The normalized spacial score (nSPS) is 11.8. The van der Waals surface area contributed by atoms with Gasteiger partial charge in [-0.3, -0.25) is 4.79 Å². The van der Waals surface area contributed by atoms with Gasteiger partial charge in [0, 0.05) is 13.0 Å². The van der Waals surface area contributed by atoms with E-state index in [0.29, 0.717) is 18.9 Å². The summed E-state index contributed by atoms with van der Waals surface area (Å²) in [5, 5.41) is 2.94. The summed E-state index contributed by atoms with van der Waals surface area (Å²) in [6.07, 6.45) is 1.48. The zero-order chi connectivity index (χ0) is 13.5. The standard InChI is InChI=1S/C15H24N2O.ClH/c1-11(2)10-13-4-6-14(7-5-13)12(3)17-15(18)8-9-16;/h4-7,11-12H,8-10,16H2,1-3H3,(H,17,18);1H. The van der Waals surface area contributed by atoms with Crippen LogP contribution in [0.15, 0.2) is 24.3 Å². The van der Waals surface area contributed by atoms with Crippen LogP contribution in [0.3, 0.4) is 0 Å². The SMILES string of the molecule is CC(C)Cc1ccc(C(C)NC(=O)CCN)cc1.Cl. The topological polar surface area (TPSA) is 55.1 Å². The van der Waals surface area contributed by atoms with Gasteiger partial charge in [0.1, 0.15) is 0 Å². The van der Waals surface area contributed by atoms with E-state index in [-0.39, 0.29) is 24.4 Å². The molecule has 0 saturated carbocycles. The Morgan fingerprint density at radius 3 is 2.26 bits per heavy atom. The Bertz CT molecular complexity index is 376. The molecule has 0 saturated heterocycles. The number of nitrogens with one attached hydrogen (secondary N) is 1. The molecule has 0 fully saturated rings. The molecule has 4 heteroatoms. The number of hydrogen-bond acceptors (Lipinski definition) is 2. The minimum atomic E-state index is 0. The summed E-state index contributed by atoms with van der Waals surface area (Å²) >= 11 is 0. The molecule has 0 aliphatic carbocycles. The second-order valence-electron chi connectivity index (χ2n) is 5.17. The van der Waals surface area contributed by atoms with Gasteiger partial charge < -0.3 is 11.1 Å². The third-order valence-corrected chi connectivity index (χ3v) is 2.87. The summed E-state index contributed by atoms with van der Waals surface area (Å²) in [7, 11) is 0. The zero-order valence-electron chi connectivity index (χ0n) is 12.0. The van der Waals surface area contributed by atoms with Crippen LogP contribution < -0.4 is 11.1 Å². The number of nitrogens with two attached hydrogens (primary N) is 1. The van der Waals surface area contributed by atoms with Crippen LogP contribution in [0.5, 0.6) is 0 Å². The molecule has 1 unspecified atom stereocenters. The molecule has 108 valence electrons. The van der Waals surface area contributed by atoms with Crippen LogP contribution in [0.25, 0.3) is 0 Å². The fourth-order valence-electron chi connectivity index (χ4n) is 1.94. The van der Waals surface area contributed by atoms with Crippen molar-refractivity contribution in [1.29, 1.82) is 0 Å². The molecular weight excluding hydrogens is 260 g/mol. The first-order valence-corrected chi connectivity index (χ1v) is 6.61. The van der Waals surface area contributed by atoms with Crippen LogP contribution in [0.2, 0.25) is 0 Å². The molecule has 1 amide bonds. The quantitative estimate of drug-likeness (QED) is 0.844. The highest BCUT2D eigenvalue weighted by Gasteiger charge is 2.08. The molecule has 19 heavy (non-hydrogen) atoms. The van der Waals surface area contributed by atoms with Crippen molar-refractivity contribution in [2.75, 3.05) is 6.54 Å². The minimum Gasteiger partial charge on any atom is -0.350 e. The number of benzene rings is 1. The average molecular weight is 285 g/mol. The third kappa shape index (κ3) is 6.60. The van der Waals surface area contributed by atoms with Crippen LogP contribution in [0, 0.1) is 5.92 Å². The number of carbonyl (C=O) groups is 1. The van der Waals surface area contributed by atoms with Gasteiger partial charge in [-0.05, 0) is 30.4 Å². The molecule has 0 aromatic heterocycles. The Hall–Kier alpha value is -1.06. The van der Waals surface area contributed by atoms with Crippen molar-refractivity contribution >= 4 is 18.3 Å². The average Bonchev–Trinajstić information content (AvgIpc) is 2.29. The highest BCUT2D eigenvalue weighted by atomic mass is 35.5. The fraction of sp³-hybridized carbons (Fsp3) is 0.533. The predicted octanol–water partition coefficient (Wildman–Crippen LogP) is 2.83. The van der Waals surface area contributed by atoms with E-state index in [1.807, 2.05) is 6.92 Å². The first-order chi connectivity index (χ1) is 8.52. The molecule has 1 aromatic rings. The van der Waals surface area contributed by atoms with E-state index in [0.717, 1.165) is 12.0 Å². The molecule has 1 aromatic carbocycles. The minimum absolute atomic E-state index is 0. The van der Waals surface area contributed by atoms with Crippen molar-refractivity contribution in [3.05, 3.63) is 35.4 Å². The summed E-state index contributed by atoms with van der Waals surface area (Å²) in [5.41, 5.74) is 7.82. The summed E-state index contributed by atoms with van der Waals surface area (Å²) < 4.78 is 0. The molecule has 0 aliphatic rings. The van der Waals surface area contributed by atoms with Crippen molar-refractivity contribution in [3.63, 3.8) is 0 Å². The fourth-order valence-corrected chi connectivity index (χ4v) is 1.94. The molecule has 0 spiro atoms. The molecule has 1 rings (SSSR count). The van der Waals surface area contributed by atoms with Gasteiger partial charge in [-0.2, -0.15) is 0 Å². The smallest absolute Gasteiger partial charge is 0.221 e. The van der Waals surface area contributed by atoms with Crippen molar-refractivity contribution in [2.45, 2.75) is 39.7 Å². The molecule has 3 nitrogen and oxygen atoms in total. The highest BCUT2D eigenvalue weighted by molar-refractivity contribution is 5.85. The summed E-state index contributed by atoms with van der Waals surface area (Å²) in [6, 6.07) is 8.50. The lowest BCUT2D eigenvalue weighted by atomic mass is 10.00. The molecular formula is C15H25ClN2O. The van der Waals surface area contributed by atoms with Gasteiger partial charge in [-0.15, -0.1) is 12.4 Å². The number of carbonyl (C=O) groups excluding carboxylic acids is 1. The maximum absolute atomic E-state index is 11.4. The summed E-state index contributed by atoms with van der Waals surface area (Å²) in [5.74, 6) is 0.675. The monoisotopic (exact) mass is 284 g/mol. The highest BCUT2D eigenvalue weighted by Crippen LogP contribution is 2.15. The predicted molar refractivity (Wildman–Crippen MR) is 82.5 cm³/mol. The van der Waals surface area contributed by atoms with Crippen LogP contribution in [-0.4, -0.2) is 12.5 Å². The molecule has 1 atom stereocenters. The van der Waals surface area contributed by atoms with Gasteiger partial charge in [0.15, 0.2) is 0 Å². The maximum atomic E-state index is 11.4. The molecule has 0 bridgehead atoms. The second kappa shape index (κ2) is 8.94. The first-order valence-electron chi connectivity index (χ1n) is 6.61. The number of hydrogen-bond donors (Lipinski definition) is 2. The van der Waals surface area contributed by atoms with Crippen molar-refractivity contribution in [2.24, 2.45) is 11.7 Å². The van der Waals surface area contributed by atoms with Crippen LogP contribution >= 0.6 is 12.4 Å². The van der Waals surface area contributed by atoms with E-state index in [1.165, 1.54) is 5.56 Å². The van der Waals surface area contributed by atoms with Crippen molar-refractivity contribution < 1.29 is 4.79 Å². The Morgan fingerprint density at radius 1 is 1.21 bits per heavy atom. The number of amides is 1. The van der Waals surface area contributed by atoms with Gasteiger partial charge in [0.2, 0.25) is 5.91 Å². The van der Waals surface area contributed by atoms with E-state index in [1.54, 1.807) is 0 Å². The molecule has 3 N–H and O–H groups in total.